The van der Waals surface area contributed by atoms with Crippen LogP contribution in [0.15, 0.2) is 36.4 Å². The number of fused-ring (bicyclic) bond motifs is 1. The van der Waals surface area contributed by atoms with Gasteiger partial charge in [0.2, 0.25) is 11.8 Å². The van der Waals surface area contributed by atoms with Crippen molar-refractivity contribution in [3.63, 3.8) is 0 Å². The molecule has 0 bridgehead atoms. The largest absolute Gasteiger partial charge is 0.369 e. The summed E-state index contributed by atoms with van der Waals surface area (Å²) < 4.78 is 6.21. The Morgan fingerprint density at radius 3 is 2.00 bits per heavy atom. The lowest BCUT2D eigenvalue weighted by Gasteiger charge is -2.21. The van der Waals surface area contributed by atoms with Gasteiger partial charge in [-0.15, -0.1) is 0 Å². The number of imide groups is 1. The first-order chi connectivity index (χ1) is 16.1. The molecular weight excluding hydrogens is 414 g/mol. The molecule has 2 aliphatic heterocycles. The summed E-state index contributed by atoms with van der Waals surface area (Å²) in [4.78, 5) is 38.8. The molecule has 1 aromatic rings. The van der Waals surface area contributed by atoms with Gasteiger partial charge in [-0.1, -0.05) is 83.3 Å². The van der Waals surface area contributed by atoms with Gasteiger partial charge in [0.15, 0.2) is 0 Å². The monoisotopic (exact) mass is 453 g/mol. The second-order valence-electron chi connectivity index (χ2n) is 9.41. The van der Waals surface area contributed by atoms with Crippen LogP contribution in [0.2, 0.25) is 0 Å². The first-order valence-corrected chi connectivity index (χ1v) is 12.8. The van der Waals surface area contributed by atoms with Crippen LogP contribution in [-0.2, 0) is 14.3 Å². The number of ether oxygens (including phenoxy) is 1. The molecule has 5 heteroatoms. The van der Waals surface area contributed by atoms with Gasteiger partial charge in [0.1, 0.15) is 6.29 Å². The molecule has 3 rings (SSSR count). The van der Waals surface area contributed by atoms with Gasteiger partial charge in [-0.05, 0) is 37.6 Å². The van der Waals surface area contributed by atoms with Crippen LogP contribution in [0, 0.1) is 11.8 Å². The molecule has 1 aromatic carbocycles. The summed E-state index contributed by atoms with van der Waals surface area (Å²) in [5.74, 6) is -1.26. The Bertz CT molecular complexity index is 816. The quantitative estimate of drug-likeness (QED) is 0.144. The maximum absolute atomic E-state index is 13.3. The Balaban J connectivity index is 1.54. The fraction of sp³-hybridized carbons (Fsp3) is 0.607. The van der Waals surface area contributed by atoms with Crippen LogP contribution in [-0.4, -0.2) is 30.3 Å². The zero-order valence-corrected chi connectivity index (χ0v) is 20.2. The molecule has 2 aliphatic rings. The van der Waals surface area contributed by atoms with E-state index in [0.29, 0.717) is 11.3 Å². The van der Waals surface area contributed by atoms with Gasteiger partial charge < -0.3 is 4.74 Å². The molecule has 2 amide bonds. The molecule has 2 heterocycles. The maximum atomic E-state index is 13.3. The molecule has 0 aromatic heterocycles. The number of carbonyl (C=O) groups excluding carboxylic acids is 3. The van der Waals surface area contributed by atoms with Crippen molar-refractivity contribution in [3.8, 4) is 0 Å². The van der Waals surface area contributed by atoms with E-state index >= 15 is 0 Å². The third-order valence-corrected chi connectivity index (χ3v) is 7.00. The molecule has 180 valence electrons. The summed E-state index contributed by atoms with van der Waals surface area (Å²) in [6.45, 7) is 4.15. The number of unbranched alkanes of at least 4 members (excludes halogenated alkanes) is 9. The molecule has 0 N–H and O–H groups in total. The predicted octanol–water partition coefficient (Wildman–Crippen LogP) is 6.26. The lowest BCUT2D eigenvalue weighted by molar-refractivity contribution is -0.125. The van der Waals surface area contributed by atoms with Crippen molar-refractivity contribution in [2.45, 2.75) is 96.7 Å². The third-order valence-electron chi connectivity index (χ3n) is 7.00. The van der Waals surface area contributed by atoms with Crippen molar-refractivity contribution in [2.75, 3.05) is 4.90 Å². The number of rotatable bonds is 14. The molecular formula is C28H39NO4. The van der Waals surface area contributed by atoms with E-state index in [4.69, 9.17) is 4.74 Å². The number of aldehydes is 1. The average molecular weight is 454 g/mol. The Labute approximate surface area is 198 Å². The van der Waals surface area contributed by atoms with Gasteiger partial charge in [-0.3, -0.25) is 14.4 Å². The zero-order valence-electron chi connectivity index (χ0n) is 20.2. The van der Waals surface area contributed by atoms with Crippen molar-refractivity contribution < 1.29 is 19.1 Å². The molecule has 0 spiro atoms. The highest BCUT2D eigenvalue weighted by Crippen LogP contribution is 2.44. The first kappa shape index (κ1) is 25.4. The standard InChI is InChI=1S/C28H39NO4/c1-3-5-6-7-8-9-10-11-12-13-15-24-26-25(23(33-24)14-4-2)27(31)29(28(26)32)22-18-16-21(20-30)17-19-22/h4,14,16-20,23-26H,3,5-13,15H2,1-2H3/b14-4-. The first-order valence-electron chi connectivity index (χ1n) is 12.8. The summed E-state index contributed by atoms with van der Waals surface area (Å²) in [5.41, 5.74) is 1.05. The minimum Gasteiger partial charge on any atom is -0.369 e. The SMILES string of the molecule is C/C=C\C1OC(CCCCCCCCCCCC)C2C(=O)N(c3ccc(C=O)cc3)C(=O)C12. The zero-order chi connectivity index (χ0) is 23.6. The van der Waals surface area contributed by atoms with E-state index in [9.17, 15) is 14.4 Å². The van der Waals surface area contributed by atoms with E-state index < -0.39 is 11.8 Å². The van der Waals surface area contributed by atoms with Crippen LogP contribution >= 0.6 is 0 Å². The minimum absolute atomic E-state index is 0.173. The van der Waals surface area contributed by atoms with Gasteiger partial charge in [-0.2, -0.15) is 0 Å². The molecule has 5 nitrogen and oxygen atoms in total. The number of carbonyl (C=O) groups is 3. The van der Waals surface area contributed by atoms with Crippen molar-refractivity contribution in [3.05, 3.63) is 42.0 Å². The lowest BCUT2D eigenvalue weighted by atomic mass is 9.87. The van der Waals surface area contributed by atoms with E-state index in [1.807, 2.05) is 19.1 Å². The maximum Gasteiger partial charge on any atom is 0.240 e. The Hall–Kier alpha value is -2.27. The van der Waals surface area contributed by atoms with Gasteiger partial charge >= 0.3 is 0 Å². The normalized spacial score (nSPS) is 24.7. The number of amides is 2. The van der Waals surface area contributed by atoms with Crippen LogP contribution in [0.4, 0.5) is 5.69 Å². The number of benzene rings is 1. The van der Waals surface area contributed by atoms with Crippen LogP contribution in [0.25, 0.3) is 0 Å². The van der Waals surface area contributed by atoms with Crippen molar-refractivity contribution in [2.24, 2.45) is 11.8 Å². The Morgan fingerprint density at radius 1 is 0.848 bits per heavy atom. The highest BCUT2D eigenvalue weighted by atomic mass is 16.5. The van der Waals surface area contributed by atoms with E-state index in [1.165, 1.54) is 56.3 Å². The van der Waals surface area contributed by atoms with E-state index in [1.54, 1.807) is 24.3 Å². The highest BCUT2D eigenvalue weighted by molar-refractivity contribution is 6.22. The lowest BCUT2D eigenvalue weighted by Crippen LogP contribution is -2.35. The molecule has 0 radical (unpaired) electrons. The Morgan fingerprint density at radius 2 is 1.42 bits per heavy atom. The number of hydrogen-bond acceptors (Lipinski definition) is 4. The van der Waals surface area contributed by atoms with Crippen LogP contribution in [0.5, 0.6) is 0 Å². The van der Waals surface area contributed by atoms with E-state index in [-0.39, 0.29) is 24.0 Å². The summed E-state index contributed by atoms with van der Waals surface area (Å²) in [7, 11) is 0. The second kappa shape index (κ2) is 12.8. The van der Waals surface area contributed by atoms with Crippen molar-refractivity contribution in [1.82, 2.24) is 0 Å². The number of nitrogens with zero attached hydrogens (tertiary/aromatic N) is 1. The second-order valence-corrected chi connectivity index (χ2v) is 9.41. The molecule has 2 fully saturated rings. The van der Waals surface area contributed by atoms with Gasteiger partial charge in [-0.25, -0.2) is 4.90 Å². The summed E-state index contributed by atoms with van der Waals surface area (Å²) in [6, 6.07) is 6.61. The average Bonchev–Trinajstić information content (AvgIpc) is 3.31. The van der Waals surface area contributed by atoms with E-state index in [0.717, 1.165) is 25.5 Å². The number of anilines is 1. The van der Waals surface area contributed by atoms with Gasteiger partial charge in [0.05, 0.1) is 29.7 Å². The van der Waals surface area contributed by atoms with Crippen molar-refractivity contribution in [1.29, 1.82) is 0 Å². The van der Waals surface area contributed by atoms with Crippen LogP contribution in [0.1, 0.15) is 94.8 Å². The minimum atomic E-state index is -0.465. The molecule has 33 heavy (non-hydrogen) atoms. The summed E-state index contributed by atoms with van der Waals surface area (Å²) >= 11 is 0. The number of allylic oxidation sites excluding steroid dienone is 1. The molecule has 4 unspecified atom stereocenters. The van der Waals surface area contributed by atoms with Crippen LogP contribution in [0.3, 0.4) is 0 Å². The topological polar surface area (TPSA) is 63.7 Å². The summed E-state index contributed by atoms with van der Waals surface area (Å²) in [5, 5.41) is 0. The molecule has 4 atom stereocenters. The van der Waals surface area contributed by atoms with Gasteiger partial charge in [0, 0.05) is 5.56 Å². The molecule has 0 aliphatic carbocycles. The van der Waals surface area contributed by atoms with Crippen molar-refractivity contribution >= 4 is 23.8 Å². The Kier molecular flexibility index (Phi) is 9.86. The fourth-order valence-corrected chi connectivity index (χ4v) is 5.21. The van der Waals surface area contributed by atoms with Crippen LogP contribution < -0.4 is 4.90 Å². The van der Waals surface area contributed by atoms with E-state index in [2.05, 4.69) is 6.92 Å². The third kappa shape index (κ3) is 6.20. The fourth-order valence-electron chi connectivity index (χ4n) is 5.21. The van der Waals surface area contributed by atoms with Gasteiger partial charge in [0.25, 0.3) is 0 Å². The molecule has 2 saturated heterocycles. The number of hydrogen-bond donors (Lipinski definition) is 0. The molecule has 0 saturated carbocycles. The smallest absolute Gasteiger partial charge is 0.240 e. The highest BCUT2D eigenvalue weighted by Gasteiger charge is 2.59. The summed E-state index contributed by atoms with van der Waals surface area (Å²) in [6.07, 6.45) is 17.4. The predicted molar refractivity (Wildman–Crippen MR) is 131 cm³/mol.